The van der Waals surface area contributed by atoms with Crippen LogP contribution in [0.5, 0.6) is 0 Å². The number of rotatable bonds is 4. The summed E-state index contributed by atoms with van der Waals surface area (Å²) >= 11 is 0. The van der Waals surface area contributed by atoms with E-state index in [1.807, 2.05) is 0 Å². The highest BCUT2D eigenvalue weighted by atomic mass is 16.6. The number of ether oxygens (including phenoxy) is 2. The Balaban J connectivity index is 1.97. The molecule has 0 radical (unpaired) electrons. The Labute approximate surface area is 158 Å². The summed E-state index contributed by atoms with van der Waals surface area (Å²) in [7, 11) is 1.44. The van der Waals surface area contributed by atoms with E-state index in [4.69, 9.17) is 15.2 Å². The van der Waals surface area contributed by atoms with Crippen molar-refractivity contribution in [2.45, 2.75) is 63.9 Å². The number of carbonyl (C=O) groups is 4. The van der Waals surface area contributed by atoms with E-state index in [1.165, 1.54) is 11.9 Å². The lowest BCUT2D eigenvalue weighted by atomic mass is 10.1. The normalized spacial score (nSPS) is 25.4. The molecule has 27 heavy (non-hydrogen) atoms. The standard InChI is InChI=1S/C17H28N4O6/c1-17(2,3)27-16(25)20(4)9-12(22)19-10-7-8-26-13-6-5-11(14(18)23)21(13)15(10)24/h10-11,13H,5-9H2,1-4H3,(H2,18,23)(H,19,22)/t10-,11-,13-/m0/s1. The van der Waals surface area contributed by atoms with Crippen LogP contribution in [0.1, 0.15) is 40.0 Å². The molecule has 3 atom stereocenters. The molecule has 0 saturated carbocycles. The summed E-state index contributed by atoms with van der Waals surface area (Å²) in [5.74, 6) is -1.49. The van der Waals surface area contributed by atoms with E-state index in [2.05, 4.69) is 5.32 Å². The van der Waals surface area contributed by atoms with Crippen LogP contribution in [0.4, 0.5) is 4.79 Å². The molecule has 0 bridgehead atoms. The molecule has 2 rings (SSSR count). The van der Waals surface area contributed by atoms with Gasteiger partial charge in [-0.25, -0.2) is 4.79 Å². The molecule has 2 aliphatic heterocycles. The number of nitrogens with one attached hydrogen (secondary N) is 1. The first-order valence-corrected chi connectivity index (χ1v) is 8.96. The second-order valence-corrected chi connectivity index (χ2v) is 7.81. The first-order chi connectivity index (χ1) is 12.5. The fourth-order valence-corrected chi connectivity index (χ4v) is 3.14. The summed E-state index contributed by atoms with van der Waals surface area (Å²) in [6.45, 7) is 5.19. The van der Waals surface area contributed by atoms with Crippen molar-refractivity contribution in [2.75, 3.05) is 20.2 Å². The molecule has 10 heteroatoms. The zero-order valence-corrected chi connectivity index (χ0v) is 16.2. The van der Waals surface area contributed by atoms with Gasteiger partial charge in [0.2, 0.25) is 17.7 Å². The van der Waals surface area contributed by atoms with E-state index in [1.54, 1.807) is 20.8 Å². The van der Waals surface area contributed by atoms with Gasteiger partial charge in [0.1, 0.15) is 30.5 Å². The van der Waals surface area contributed by atoms with Crippen LogP contribution in [0.3, 0.4) is 0 Å². The molecule has 0 aromatic rings. The predicted octanol–water partition coefficient (Wildman–Crippen LogP) is -0.439. The Bertz CT molecular complexity index is 617. The minimum Gasteiger partial charge on any atom is -0.444 e. The van der Waals surface area contributed by atoms with Crippen LogP contribution in [0.25, 0.3) is 0 Å². The maximum Gasteiger partial charge on any atom is 0.410 e. The van der Waals surface area contributed by atoms with Gasteiger partial charge in [-0.2, -0.15) is 0 Å². The maximum atomic E-state index is 12.8. The smallest absolute Gasteiger partial charge is 0.410 e. The molecule has 2 fully saturated rings. The van der Waals surface area contributed by atoms with Gasteiger partial charge in [0.15, 0.2) is 0 Å². The molecular formula is C17H28N4O6. The number of hydrogen-bond donors (Lipinski definition) is 2. The molecule has 10 nitrogen and oxygen atoms in total. The highest BCUT2D eigenvalue weighted by Gasteiger charge is 2.45. The second-order valence-electron chi connectivity index (χ2n) is 7.81. The predicted molar refractivity (Wildman–Crippen MR) is 94.2 cm³/mol. The number of primary amides is 1. The van der Waals surface area contributed by atoms with Crippen molar-refractivity contribution in [1.29, 1.82) is 0 Å². The minimum atomic E-state index is -0.838. The van der Waals surface area contributed by atoms with Crippen LogP contribution in [0.2, 0.25) is 0 Å². The zero-order chi connectivity index (χ0) is 20.4. The minimum absolute atomic E-state index is 0.262. The summed E-state index contributed by atoms with van der Waals surface area (Å²) in [5.41, 5.74) is 4.70. The molecule has 0 aromatic carbocycles. The van der Waals surface area contributed by atoms with E-state index >= 15 is 0 Å². The van der Waals surface area contributed by atoms with Crippen molar-refractivity contribution in [1.82, 2.24) is 15.1 Å². The van der Waals surface area contributed by atoms with Gasteiger partial charge in [-0.05, 0) is 33.6 Å². The van der Waals surface area contributed by atoms with E-state index in [0.29, 0.717) is 12.8 Å². The molecular weight excluding hydrogens is 356 g/mol. The molecule has 4 amide bonds. The Morgan fingerprint density at radius 2 is 1.96 bits per heavy atom. The fourth-order valence-electron chi connectivity index (χ4n) is 3.14. The van der Waals surface area contributed by atoms with Crippen LogP contribution in [0.15, 0.2) is 0 Å². The molecule has 0 spiro atoms. The summed E-state index contributed by atoms with van der Waals surface area (Å²) < 4.78 is 10.8. The molecule has 2 saturated heterocycles. The Kier molecular flexibility index (Phi) is 6.30. The number of likely N-dealkylation sites (N-methyl/N-ethyl adjacent to an activating group) is 1. The number of fused-ring (bicyclic) bond motifs is 1. The number of nitrogens with zero attached hydrogens (tertiary/aromatic N) is 2. The quantitative estimate of drug-likeness (QED) is 0.676. The number of nitrogens with two attached hydrogens (primary N) is 1. The summed E-state index contributed by atoms with van der Waals surface area (Å²) in [4.78, 5) is 51.1. The van der Waals surface area contributed by atoms with E-state index in [9.17, 15) is 19.2 Å². The number of carbonyl (C=O) groups excluding carboxylic acids is 4. The summed E-state index contributed by atoms with van der Waals surface area (Å²) in [6, 6.07) is -1.57. The van der Waals surface area contributed by atoms with Crippen molar-refractivity contribution in [3.8, 4) is 0 Å². The second kappa shape index (κ2) is 8.12. The van der Waals surface area contributed by atoms with Crippen LogP contribution < -0.4 is 11.1 Å². The Morgan fingerprint density at radius 1 is 1.30 bits per heavy atom. The van der Waals surface area contributed by atoms with Gasteiger partial charge in [-0.15, -0.1) is 0 Å². The molecule has 3 N–H and O–H groups in total. The molecule has 0 aliphatic carbocycles. The third-order valence-electron chi connectivity index (χ3n) is 4.35. The SMILES string of the molecule is CN(CC(=O)N[C@H]1CCO[C@H]2CC[C@@H](C(N)=O)N2C1=O)C(=O)OC(C)(C)C. The van der Waals surface area contributed by atoms with Gasteiger partial charge in [0.25, 0.3) is 0 Å². The first kappa shape index (κ1) is 20.9. The zero-order valence-electron chi connectivity index (χ0n) is 16.2. The molecule has 0 aromatic heterocycles. The Hall–Kier alpha value is -2.36. The van der Waals surface area contributed by atoms with Crippen molar-refractivity contribution in [3.63, 3.8) is 0 Å². The van der Waals surface area contributed by atoms with Crippen molar-refractivity contribution < 1.29 is 28.7 Å². The average Bonchev–Trinajstić information content (AvgIpc) is 2.89. The number of hydrogen-bond acceptors (Lipinski definition) is 6. The summed E-state index contributed by atoms with van der Waals surface area (Å²) in [5, 5.41) is 2.62. The van der Waals surface area contributed by atoms with Gasteiger partial charge in [-0.3, -0.25) is 14.4 Å². The van der Waals surface area contributed by atoms with E-state index in [0.717, 1.165) is 4.90 Å². The first-order valence-electron chi connectivity index (χ1n) is 8.96. The highest BCUT2D eigenvalue weighted by Crippen LogP contribution is 2.28. The largest absolute Gasteiger partial charge is 0.444 e. The van der Waals surface area contributed by atoms with Crippen molar-refractivity contribution in [2.24, 2.45) is 5.73 Å². The topological polar surface area (TPSA) is 131 Å². The maximum absolute atomic E-state index is 12.8. The fraction of sp³-hybridized carbons (Fsp3) is 0.765. The molecule has 2 heterocycles. The molecule has 2 aliphatic rings. The highest BCUT2D eigenvalue weighted by molar-refractivity contribution is 5.93. The van der Waals surface area contributed by atoms with E-state index < -0.39 is 47.7 Å². The van der Waals surface area contributed by atoms with Gasteiger partial charge in [0, 0.05) is 13.5 Å². The lowest BCUT2D eigenvalue weighted by molar-refractivity contribution is -0.147. The van der Waals surface area contributed by atoms with E-state index in [-0.39, 0.29) is 19.6 Å². The van der Waals surface area contributed by atoms with Crippen LogP contribution >= 0.6 is 0 Å². The lowest BCUT2D eigenvalue weighted by Crippen LogP contribution is -2.55. The van der Waals surface area contributed by atoms with Crippen LogP contribution in [-0.2, 0) is 23.9 Å². The lowest BCUT2D eigenvalue weighted by Gasteiger charge is -2.29. The van der Waals surface area contributed by atoms with Gasteiger partial charge < -0.3 is 30.3 Å². The third kappa shape index (κ3) is 5.31. The van der Waals surface area contributed by atoms with Gasteiger partial charge in [0.05, 0.1) is 6.61 Å². The third-order valence-corrected chi connectivity index (χ3v) is 4.35. The van der Waals surface area contributed by atoms with Crippen LogP contribution in [0, 0.1) is 0 Å². The number of amides is 4. The molecule has 152 valence electrons. The molecule has 0 unspecified atom stereocenters. The van der Waals surface area contributed by atoms with Crippen molar-refractivity contribution >= 4 is 23.8 Å². The van der Waals surface area contributed by atoms with Gasteiger partial charge in [-0.1, -0.05) is 0 Å². The van der Waals surface area contributed by atoms with Crippen LogP contribution in [-0.4, -0.2) is 77.7 Å². The average molecular weight is 384 g/mol. The van der Waals surface area contributed by atoms with Gasteiger partial charge >= 0.3 is 6.09 Å². The summed E-state index contributed by atoms with van der Waals surface area (Å²) in [6.07, 6.45) is 0.108. The van der Waals surface area contributed by atoms with Crippen molar-refractivity contribution in [3.05, 3.63) is 0 Å². The monoisotopic (exact) mass is 384 g/mol. The Morgan fingerprint density at radius 3 is 2.56 bits per heavy atom.